The second kappa shape index (κ2) is 7.92. The maximum Gasteiger partial charge on any atom is 0.306 e. The highest BCUT2D eigenvalue weighted by Gasteiger charge is 2.19. The van der Waals surface area contributed by atoms with Crippen LogP contribution in [-0.4, -0.2) is 23.1 Å². The third-order valence-corrected chi connectivity index (χ3v) is 3.88. The van der Waals surface area contributed by atoms with E-state index in [0.29, 0.717) is 23.4 Å². The van der Waals surface area contributed by atoms with Crippen molar-refractivity contribution in [2.45, 2.75) is 46.6 Å². The van der Waals surface area contributed by atoms with Crippen LogP contribution in [0.5, 0.6) is 0 Å². The average Bonchev–Trinajstić information content (AvgIpc) is 2.87. The summed E-state index contributed by atoms with van der Waals surface area (Å²) in [7, 11) is 0. The molecule has 134 valence electrons. The van der Waals surface area contributed by atoms with Gasteiger partial charge in [0.05, 0.1) is 5.69 Å². The molecule has 0 aliphatic heterocycles. The molecule has 0 aliphatic rings. The minimum absolute atomic E-state index is 0.111. The van der Waals surface area contributed by atoms with Gasteiger partial charge in [-0.15, -0.1) is 0 Å². The fourth-order valence-electron chi connectivity index (χ4n) is 2.31. The number of carbonyl (C=O) groups is 2. The van der Waals surface area contributed by atoms with Crippen LogP contribution in [0.4, 0.5) is 10.1 Å². The van der Waals surface area contributed by atoms with Gasteiger partial charge in [-0.1, -0.05) is 11.2 Å². The van der Waals surface area contributed by atoms with E-state index in [-0.39, 0.29) is 6.42 Å². The summed E-state index contributed by atoms with van der Waals surface area (Å²) >= 11 is 0. The second-order valence-corrected chi connectivity index (χ2v) is 5.89. The zero-order valence-corrected chi connectivity index (χ0v) is 14.7. The van der Waals surface area contributed by atoms with E-state index in [1.807, 2.05) is 0 Å². The number of aryl methyl sites for hydroxylation is 3. The topological polar surface area (TPSA) is 81.4 Å². The Morgan fingerprint density at radius 3 is 2.64 bits per heavy atom. The van der Waals surface area contributed by atoms with Gasteiger partial charge in [-0.25, -0.2) is 4.39 Å². The summed E-state index contributed by atoms with van der Waals surface area (Å²) in [6.07, 6.45) is -0.446. The van der Waals surface area contributed by atoms with E-state index in [0.717, 1.165) is 11.3 Å². The molecule has 0 bridgehead atoms. The van der Waals surface area contributed by atoms with Crippen molar-refractivity contribution < 1.29 is 23.2 Å². The number of rotatable bonds is 6. The highest BCUT2D eigenvalue weighted by molar-refractivity contribution is 5.95. The van der Waals surface area contributed by atoms with Crippen LogP contribution in [-0.2, 0) is 20.7 Å². The lowest BCUT2D eigenvalue weighted by Gasteiger charge is -2.14. The highest BCUT2D eigenvalue weighted by atomic mass is 19.1. The quantitative estimate of drug-likeness (QED) is 0.811. The van der Waals surface area contributed by atoms with Crippen molar-refractivity contribution in [3.8, 4) is 0 Å². The van der Waals surface area contributed by atoms with Gasteiger partial charge < -0.3 is 14.6 Å². The Labute approximate surface area is 145 Å². The molecule has 0 saturated carbocycles. The van der Waals surface area contributed by atoms with Gasteiger partial charge in [0.25, 0.3) is 5.91 Å². The summed E-state index contributed by atoms with van der Waals surface area (Å²) in [5, 5.41) is 6.34. The van der Waals surface area contributed by atoms with E-state index in [1.54, 1.807) is 32.9 Å². The first kappa shape index (κ1) is 18.6. The number of anilines is 1. The molecule has 1 aromatic heterocycles. The first-order valence-electron chi connectivity index (χ1n) is 7.96. The summed E-state index contributed by atoms with van der Waals surface area (Å²) in [5.74, 6) is -0.772. The molecule has 6 nitrogen and oxygen atoms in total. The van der Waals surface area contributed by atoms with Crippen molar-refractivity contribution in [3.05, 3.63) is 46.6 Å². The largest absolute Gasteiger partial charge is 0.453 e. The van der Waals surface area contributed by atoms with Gasteiger partial charge in [0.15, 0.2) is 6.10 Å². The molecule has 0 fully saturated rings. The van der Waals surface area contributed by atoms with E-state index in [9.17, 15) is 14.0 Å². The van der Waals surface area contributed by atoms with Gasteiger partial charge in [-0.2, -0.15) is 0 Å². The lowest BCUT2D eigenvalue weighted by Crippen LogP contribution is -2.30. The monoisotopic (exact) mass is 348 g/mol. The van der Waals surface area contributed by atoms with Crippen molar-refractivity contribution in [3.63, 3.8) is 0 Å². The van der Waals surface area contributed by atoms with Crippen molar-refractivity contribution in [1.82, 2.24) is 5.16 Å². The lowest BCUT2D eigenvalue weighted by atomic mass is 10.1. The van der Waals surface area contributed by atoms with Crippen LogP contribution in [0.2, 0.25) is 0 Å². The molecule has 1 atom stereocenters. The van der Waals surface area contributed by atoms with Crippen LogP contribution >= 0.6 is 0 Å². The summed E-state index contributed by atoms with van der Waals surface area (Å²) in [6.45, 7) is 6.67. The van der Waals surface area contributed by atoms with Crippen LogP contribution in [0.1, 0.15) is 35.9 Å². The molecule has 0 spiro atoms. The van der Waals surface area contributed by atoms with Gasteiger partial charge in [-0.3, -0.25) is 9.59 Å². The van der Waals surface area contributed by atoms with Crippen LogP contribution in [0, 0.1) is 26.6 Å². The Bertz CT molecular complexity index is 766. The number of hydrogen-bond acceptors (Lipinski definition) is 5. The first-order valence-corrected chi connectivity index (χ1v) is 7.96. The lowest BCUT2D eigenvalue weighted by molar-refractivity contribution is -0.153. The van der Waals surface area contributed by atoms with Crippen LogP contribution in [0.3, 0.4) is 0 Å². The molecule has 1 amide bonds. The molecule has 1 N–H and O–H groups in total. The fraction of sp³-hybridized carbons (Fsp3) is 0.389. The number of amides is 1. The number of nitrogens with zero attached hydrogens (tertiary/aromatic N) is 1. The van der Waals surface area contributed by atoms with Crippen molar-refractivity contribution in [2.75, 3.05) is 5.32 Å². The highest BCUT2D eigenvalue weighted by Crippen LogP contribution is 2.16. The van der Waals surface area contributed by atoms with Crippen molar-refractivity contribution in [1.29, 1.82) is 0 Å². The van der Waals surface area contributed by atoms with Crippen LogP contribution < -0.4 is 5.32 Å². The van der Waals surface area contributed by atoms with E-state index in [2.05, 4.69) is 10.5 Å². The Hall–Kier alpha value is -2.70. The molecule has 0 radical (unpaired) electrons. The molecule has 1 aromatic carbocycles. The molecule has 1 heterocycles. The minimum Gasteiger partial charge on any atom is -0.453 e. The molecule has 0 saturated heterocycles. The Morgan fingerprint density at radius 1 is 1.32 bits per heavy atom. The molecule has 2 rings (SSSR count). The van der Waals surface area contributed by atoms with Gasteiger partial charge in [0.1, 0.15) is 11.6 Å². The minimum atomic E-state index is -0.985. The average molecular weight is 348 g/mol. The van der Waals surface area contributed by atoms with Gasteiger partial charge in [0, 0.05) is 17.7 Å². The van der Waals surface area contributed by atoms with Crippen LogP contribution in [0.25, 0.3) is 0 Å². The molecule has 2 aromatic rings. The van der Waals surface area contributed by atoms with Crippen LogP contribution in [0.15, 0.2) is 22.7 Å². The number of aromatic nitrogens is 1. The summed E-state index contributed by atoms with van der Waals surface area (Å²) in [5.41, 5.74) is 2.39. The summed E-state index contributed by atoms with van der Waals surface area (Å²) < 4.78 is 23.6. The molecular formula is C18H21FN2O4. The maximum absolute atomic E-state index is 13.5. The number of esters is 1. The Morgan fingerprint density at radius 2 is 2.04 bits per heavy atom. The Kier molecular flexibility index (Phi) is 5.90. The molecule has 7 heteroatoms. The normalized spacial score (nSPS) is 11.9. The number of benzene rings is 1. The fourth-order valence-corrected chi connectivity index (χ4v) is 2.31. The van der Waals surface area contributed by atoms with E-state index < -0.39 is 23.8 Å². The number of hydrogen-bond donors (Lipinski definition) is 1. The predicted octanol–water partition coefficient (Wildman–Crippen LogP) is 3.24. The predicted molar refractivity (Wildman–Crippen MR) is 89.6 cm³/mol. The summed E-state index contributed by atoms with van der Waals surface area (Å²) in [4.78, 5) is 24.0. The molecule has 25 heavy (non-hydrogen) atoms. The summed E-state index contributed by atoms with van der Waals surface area (Å²) in [6, 6.07) is 4.37. The Balaban J connectivity index is 1.85. The maximum atomic E-state index is 13.5. The SMILES string of the molecule is Cc1ccc(NC(=O)[C@H](C)OC(=O)CCc2c(C)noc2C)cc1F. The standard InChI is InChI=1S/C18H21FN2O4/c1-10-5-6-14(9-16(10)19)20-18(23)13(4)24-17(22)8-7-15-11(2)21-25-12(15)3/h5-6,9,13H,7-8H2,1-4H3,(H,20,23)/t13-/m0/s1. The number of ether oxygens (including phenoxy) is 1. The van der Waals surface area contributed by atoms with E-state index >= 15 is 0 Å². The zero-order valence-electron chi connectivity index (χ0n) is 14.7. The van der Waals surface area contributed by atoms with Gasteiger partial charge in [0.2, 0.25) is 0 Å². The van der Waals surface area contributed by atoms with Gasteiger partial charge >= 0.3 is 5.97 Å². The smallest absolute Gasteiger partial charge is 0.306 e. The van der Waals surface area contributed by atoms with Crippen molar-refractivity contribution >= 4 is 17.6 Å². The number of halogens is 1. The molecular weight excluding hydrogens is 327 g/mol. The first-order chi connectivity index (χ1) is 11.8. The number of nitrogens with one attached hydrogen (secondary N) is 1. The zero-order chi connectivity index (χ0) is 18.6. The van der Waals surface area contributed by atoms with E-state index in [4.69, 9.17) is 9.26 Å². The third-order valence-electron chi connectivity index (χ3n) is 3.88. The third kappa shape index (κ3) is 4.89. The molecule has 0 unspecified atom stereocenters. The number of carbonyl (C=O) groups excluding carboxylic acids is 2. The van der Waals surface area contributed by atoms with E-state index in [1.165, 1.54) is 13.0 Å². The second-order valence-electron chi connectivity index (χ2n) is 5.89. The van der Waals surface area contributed by atoms with Gasteiger partial charge in [-0.05, 0) is 51.8 Å². The molecule has 0 aliphatic carbocycles. The van der Waals surface area contributed by atoms with Crippen molar-refractivity contribution in [2.24, 2.45) is 0 Å².